The molecule has 4 rings (SSSR count). The maximum absolute atomic E-state index is 12.8. The van der Waals surface area contributed by atoms with Crippen molar-refractivity contribution < 1.29 is 4.79 Å². The van der Waals surface area contributed by atoms with Crippen molar-refractivity contribution in [1.29, 1.82) is 0 Å². The molecule has 2 aromatic carbocycles. The van der Waals surface area contributed by atoms with E-state index in [1.165, 1.54) is 0 Å². The molecule has 5 nitrogen and oxygen atoms in total. The first-order valence-corrected chi connectivity index (χ1v) is 7.63. The predicted octanol–water partition coefficient (Wildman–Crippen LogP) is 3.01. The van der Waals surface area contributed by atoms with Crippen LogP contribution in [0.5, 0.6) is 0 Å². The van der Waals surface area contributed by atoms with Crippen LogP contribution in [0.4, 0.5) is 5.69 Å². The van der Waals surface area contributed by atoms with Gasteiger partial charge in [-0.25, -0.2) is 0 Å². The molecule has 3 aromatic rings. The highest BCUT2D eigenvalue weighted by molar-refractivity contribution is 6.31. The fourth-order valence-electron chi connectivity index (χ4n) is 2.80. The summed E-state index contributed by atoms with van der Waals surface area (Å²) in [4.78, 5) is 14.5. The van der Waals surface area contributed by atoms with E-state index in [1.54, 1.807) is 17.3 Å². The van der Waals surface area contributed by atoms with Crippen molar-refractivity contribution in [3.05, 3.63) is 71.3 Å². The Labute approximate surface area is 138 Å². The molecule has 0 aliphatic carbocycles. The highest BCUT2D eigenvalue weighted by Crippen LogP contribution is 2.32. The smallest absolute Gasteiger partial charge is 0.235 e. The van der Waals surface area contributed by atoms with Crippen molar-refractivity contribution in [3.8, 4) is 5.69 Å². The lowest BCUT2D eigenvalue weighted by atomic mass is 10.1. The van der Waals surface area contributed by atoms with Gasteiger partial charge in [0.15, 0.2) is 0 Å². The van der Waals surface area contributed by atoms with Crippen molar-refractivity contribution in [2.45, 2.75) is 13.0 Å². The summed E-state index contributed by atoms with van der Waals surface area (Å²) in [5.41, 5.74) is 2.69. The number of amides is 1. The Morgan fingerprint density at radius 1 is 1.09 bits per heavy atom. The molecule has 114 valence electrons. The second-order valence-electron chi connectivity index (χ2n) is 5.39. The summed E-state index contributed by atoms with van der Waals surface area (Å²) in [7, 11) is 0. The minimum absolute atomic E-state index is 0.0240. The fraction of sp³-hybridized carbons (Fsp3) is 0.118. The number of hydrogen-bond donors (Lipinski definition) is 0. The second kappa shape index (κ2) is 5.52. The van der Waals surface area contributed by atoms with Gasteiger partial charge in [-0.05, 0) is 23.8 Å². The number of hydrogen-bond acceptors (Lipinski definition) is 3. The molecule has 2 heterocycles. The van der Waals surface area contributed by atoms with Crippen LogP contribution in [0.2, 0.25) is 5.02 Å². The van der Waals surface area contributed by atoms with Crippen molar-refractivity contribution >= 4 is 23.2 Å². The quantitative estimate of drug-likeness (QED) is 0.728. The van der Waals surface area contributed by atoms with Crippen molar-refractivity contribution in [2.24, 2.45) is 0 Å². The Morgan fingerprint density at radius 2 is 1.91 bits per heavy atom. The van der Waals surface area contributed by atoms with Crippen LogP contribution in [0.3, 0.4) is 0 Å². The summed E-state index contributed by atoms with van der Waals surface area (Å²) < 4.78 is 1.84. The highest BCUT2D eigenvalue weighted by atomic mass is 35.5. The summed E-state index contributed by atoms with van der Waals surface area (Å²) in [5.74, 6) is 0.609. The van der Waals surface area contributed by atoms with E-state index in [0.717, 1.165) is 16.9 Å². The van der Waals surface area contributed by atoms with Crippen LogP contribution in [0.1, 0.15) is 11.4 Å². The van der Waals surface area contributed by atoms with Crippen LogP contribution >= 0.6 is 11.6 Å². The van der Waals surface area contributed by atoms with Gasteiger partial charge >= 0.3 is 0 Å². The van der Waals surface area contributed by atoms with Gasteiger partial charge in [0, 0.05) is 5.02 Å². The molecule has 0 saturated heterocycles. The zero-order valence-corrected chi connectivity index (χ0v) is 12.9. The van der Waals surface area contributed by atoms with E-state index in [-0.39, 0.29) is 12.3 Å². The van der Waals surface area contributed by atoms with Gasteiger partial charge in [-0.1, -0.05) is 41.9 Å². The second-order valence-corrected chi connectivity index (χ2v) is 5.83. The van der Waals surface area contributed by atoms with E-state index < -0.39 is 0 Å². The van der Waals surface area contributed by atoms with Gasteiger partial charge < -0.3 is 4.90 Å². The first-order valence-electron chi connectivity index (χ1n) is 7.25. The van der Waals surface area contributed by atoms with Crippen molar-refractivity contribution in [2.75, 3.05) is 4.90 Å². The zero-order valence-electron chi connectivity index (χ0n) is 12.2. The first kappa shape index (κ1) is 14.0. The SMILES string of the molecule is O=C1Cc2nncn2-c2ccc(Cl)cc2N1Cc1ccccc1. The fourth-order valence-corrected chi connectivity index (χ4v) is 2.97. The predicted molar refractivity (Wildman–Crippen MR) is 87.7 cm³/mol. The summed E-state index contributed by atoms with van der Waals surface area (Å²) in [6, 6.07) is 15.4. The number of benzene rings is 2. The van der Waals surface area contributed by atoms with Gasteiger partial charge in [0.1, 0.15) is 12.2 Å². The van der Waals surface area contributed by atoms with E-state index in [2.05, 4.69) is 10.2 Å². The van der Waals surface area contributed by atoms with Gasteiger partial charge in [-0.2, -0.15) is 0 Å². The molecule has 1 aliphatic heterocycles. The molecule has 0 spiro atoms. The van der Waals surface area contributed by atoms with Gasteiger partial charge in [0.25, 0.3) is 0 Å². The average Bonchev–Trinajstić information content (AvgIpc) is 2.97. The van der Waals surface area contributed by atoms with E-state index in [9.17, 15) is 4.79 Å². The van der Waals surface area contributed by atoms with Crippen molar-refractivity contribution in [3.63, 3.8) is 0 Å². The molecular formula is C17H13ClN4O. The minimum Gasteiger partial charge on any atom is -0.305 e. The maximum atomic E-state index is 12.8. The molecule has 0 radical (unpaired) electrons. The number of fused-ring (bicyclic) bond motifs is 3. The van der Waals surface area contributed by atoms with Crippen LogP contribution in [-0.4, -0.2) is 20.7 Å². The molecule has 1 aromatic heterocycles. The molecule has 1 amide bonds. The number of nitrogens with zero attached hydrogens (tertiary/aromatic N) is 4. The topological polar surface area (TPSA) is 51.0 Å². The van der Waals surface area contributed by atoms with Gasteiger partial charge in [0.05, 0.1) is 24.3 Å². The molecule has 23 heavy (non-hydrogen) atoms. The molecular weight excluding hydrogens is 312 g/mol. The van der Waals surface area contributed by atoms with Crippen LogP contribution in [0.15, 0.2) is 54.9 Å². The molecule has 1 aliphatic rings. The van der Waals surface area contributed by atoms with Crippen molar-refractivity contribution in [1.82, 2.24) is 14.8 Å². The Balaban J connectivity index is 1.85. The van der Waals surface area contributed by atoms with E-state index in [1.807, 2.05) is 47.0 Å². The molecule has 0 atom stereocenters. The molecule has 0 unspecified atom stereocenters. The van der Waals surface area contributed by atoms with Gasteiger partial charge in [-0.15, -0.1) is 10.2 Å². The molecule has 0 N–H and O–H groups in total. The zero-order chi connectivity index (χ0) is 15.8. The van der Waals surface area contributed by atoms with Crippen LogP contribution in [0.25, 0.3) is 5.69 Å². The minimum atomic E-state index is -0.0240. The number of anilines is 1. The lowest BCUT2D eigenvalue weighted by Crippen LogP contribution is -2.31. The highest BCUT2D eigenvalue weighted by Gasteiger charge is 2.27. The number of carbonyl (C=O) groups is 1. The third-order valence-electron chi connectivity index (χ3n) is 3.90. The summed E-state index contributed by atoms with van der Waals surface area (Å²) in [5, 5.41) is 8.57. The lowest BCUT2D eigenvalue weighted by Gasteiger charge is -2.23. The normalized spacial score (nSPS) is 13.4. The Morgan fingerprint density at radius 3 is 2.74 bits per heavy atom. The molecule has 6 heteroatoms. The third kappa shape index (κ3) is 2.49. The summed E-state index contributed by atoms with van der Waals surface area (Å²) in [6.45, 7) is 0.491. The number of rotatable bonds is 2. The monoisotopic (exact) mass is 324 g/mol. The number of halogens is 1. The molecule has 0 fully saturated rings. The van der Waals surface area contributed by atoms with Crippen LogP contribution < -0.4 is 4.90 Å². The largest absolute Gasteiger partial charge is 0.305 e. The van der Waals surface area contributed by atoms with E-state index in [0.29, 0.717) is 17.4 Å². The van der Waals surface area contributed by atoms with E-state index in [4.69, 9.17) is 11.6 Å². The standard InChI is InChI=1S/C17H13ClN4O/c18-13-6-7-14-15(8-13)21(10-12-4-2-1-3-5-12)17(23)9-16-20-19-11-22(14)16/h1-8,11H,9-10H2. The number of carbonyl (C=O) groups excluding carboxylic acids is 1. The maximum Gasteiger partial charge on any atom is 0.235 e. The van der Waals surface area contributed by atoms with Crippen LogP contribution in [0, 0.1) is 0 Å². The third-order valence-corrected chi connectivity index (χ3v) is 4.14. The molecule has 0 saturated carbocycles. The lowest BCUT2D eigenvalue weighted by molar-refractivity contribution is -0.118. The Kier molecular flexibility index (Phi) is 3.35. The van der Waals surface area contributed by atoms with E-state index >= 15 is 0 Å². The first-order chi connectivity index (χ1) is 11.2. The van der Waals surface area contributed by atoms with Gasteiger partial charge in [-0.3, -0.25) is 9.36 Å². The van der Waals surface area contributed by atoms with Crippen LogP contribution in [-0.2, 0) is 17.8 Å². The number of aromatic nitrogens is 3. The Bertz CT molecular complexity index is 875. The molecule has 0 bridgehead atoms. The average molecular weight is 325 g/mol. The Hall–Kier alpha value is -2.66. The summed E-state index contributed by atoms with van der Waals surface area (Å²) in [6.07, 6.45) is 1.83. The van der Waals surface area contributed by atoms with Gasteiger partial charge in [0.2, 0.25) is 5.91 Å². The summed E-state index contributed by atoms with van der Waals surface area (Å²) >= 11 is 6.17.